The molecule has 9 heteroatoms. The number of hydrogen-bond acceptors (Lipinski definition) is 7. The molecule has 2 aromatic rings. The van der Waals surface area contributed by atoms with E-state index in [1.807, 2.05) is 0 Å². The minimum atomic E-state index is -1.02. The summed E-state index contributed by atoms with van der Waals surface area (Å²) in [6.45, 7) is 2.10. The van der Waals surface area contributed by atoms with Crippen molar-refractivity contribution < 1.29 is 14.9 Å². The van der Waals surface area contributed by atoms with Crippen LogP contribution in [0.3, 0.4) is 0 Å². The molecule has 21 heavy (non-hydrogen) atoms. The average molecular weight is 358 g/mol. The van der Waals surface area contributed by atoms with Gasteiger partial charge in [0.25, 0.3) is 0 Å². The SMILES string of the molecule is CC[Se]C[C@H]1O[C@@H](n2cnc3c(N)ncnc32)[C@H](O)[C@@H]1O. The number of imidazole rings is 1. The summed E-state index contributed by atoms with van der Waals surface area (Å²) < 4.78 is 7.42. The molecule has 0 radical (unpaired) electrons. The monoisotopic (exact) mass is 359 g/mol. The van der Waals surface area contributed by atoms with E-state index in [-0.39, 0.29) is 11.9 Å². The number of fused-ring (bicyclic) bond motifs is 1. The van der Waals surface area contributed by atoms with Crippen LogP contribution >= 0.6 is 0 Å². The Morgan fingerprint density at radius 2 is 2.14 bits per heavy atom. The van der Waals surface area contributed by atoms with Crippen molar-refractivity contribution >= 4 is 31.9 Å². The van der Waals surface area contributed by atoms with Crippen LogP contribution in [0.5, 0.6) is 0 Å². The maximum absolute atomic E-state index is 10.2. The van der Waals surface area contributed by atoms with Crippen molar-refractivity contribution in [3.8, 4) is 0 Å². The first-order chi connectivity index (χ1) is 10.1. The van der Waals surface area contributed by atoms with E-state index in [1.165, 1.54) is 12.7 Å². The zero-order valence-electron chi connectivity index (χ0n) is 11.5. The third kappa shape index (κ3) is 2.51. The zero-order valence-corrected chi connectivity index (χ0v) is 13.2. The van der Waals surface area contributed by atoms with E-state index in [1.54, 1.807) is 4.57 Å². The third-order valence-electron chi connectivity index (χ3n) is 3.48. The van der Waals surface area contributed by atoms with Gasteiger partial charge in [0.2, 0.25) is 0 Å². The first kappa shape index (κ1) is 14.7. The van der Waals surface area contributed by atoms with Gasteiger partial charge >= 0.3 is 127 Å². The van der Waals surface area contributed by atoms with Gasteiger partial charge in [0.1, 0.15) is 0 Å². The predicted molar refractivity (Wildman–Crippen MR) is 76.7 cm³/mol. The first-order valence-corrected chi connectivity index (χ1v) is 9.08. The van der Waals surface area contributed by atoms with Gasteiger partial charge in [-0.25, -0.2) is 0 Å². The summed E-state index contributed by atoms with van der Waals surface area (Å²) in [5, 5.41) is 22.2. The molecule has 4 atom stereocenters. The Morgan fingerprint density at radius 1 is 1.33 bits per heavy atom. The molecule has 3 heterocycles. The second kappa shape index (κ2) is 5.86. The molecule has 0 spiro atoms. The van der Waals surface area contributed by atoms with Crippen molar-refractivity contribution in [3.05, 3.63) is 12.7 Å². The molecule has 0 unspecified atom stereocenters. The Balaban J connectivity index is 1.90. The van der Waals surface area contributed by atoms with Gasteiger partial charge in [0.05, 0.1) is 0 Å². The molecule has 0 aromatic carbocycles. The quantitative estimate of drug-likeness (QED) is 0.636. The van der Waals surface area contributed by atoms with Gasteiger partial charge in [-0.15, -0.1) is 0 Å². The second-order valence-corrected chi connectivity index (χ2v) is 7.56. The van der Waals surface area contributed by atoms with Crippen LogP contribution in [0.2, 0.25) is 10.6 Å². The van der Waals surface area contributed by atoms with Crippen molar-refractivity contribution in [2.24, 2.45) is 0 Å². The standard InChI is InChI=1S/C12H17N5O3Se/c1-2-21-3-6-8(18)9(19)12(20-6)17-5-16-7-10(13)14-4-15-11(7)17/h4-6,8-9,12,18-19H,2-3H2,1H3,(H2,13,14,15)/t6-,8-,9-,12-/m1/s1. The number of ether oxygens (including phenoxy) is 1. The number of aliphatic hydroxyl groups is 2. The predicted octanol–water partition coefficient (Wildman–Crippen LogP) is -0.412. The number of rotatable bonds is 4. The molecule has 0 saturated carbocycles. The fourth-order valence-electron chi connectivity index (χ4n) is 2.39. The fraction of sp³-hybridized carbons (Fsp3) is 0.583. The van der Waals surface area contributed by atoms with Crippen LogP contribution in [0.4, 0.5) is 5.82 Å². The van der Waals surface area contributed by atoms with Gasteiger partial charge in [0, 0.05) is 0 Å². The maximum atomic E-state index is 10.2. The minimum absolute atomic E-state index is 0.276. The number of nitrogens with two attached hydrogens (primary N) is 1. The summed E-state index contributed by atoms with van der Waals surface area (Å²) in [5.41, 5.74) is 6.69. The van der Waals surface area contributed by atoms with Crippen LogP contribution in [0.25, 0.3) is 11.2 Å². The van der Waals surface area contributed by atoms with E-state index in [0.29, 0.717) is 26.1 Å². The molecule has 0 bridgehead atoms. The zero-order chi connectivity index (χ0) is 15.0. The number of aliphatic hydroxyl groups excluding tert-OH is 2. The first-order valence-electron chi connectivity index (χ1n) is 6.65. The van der Waals surface area contributed by atoms with E-state index >= 15 is 0 Å². The summed E-state index contributed by atoms with van der Waals surface area (Å²) in [4.78, 5) is 12.2. The molecule has 114 valence electrons. The molecule has 0 aliphatic carbocycles. The van der Waals surface area contributed by atoms with Crippen LogP contribution in [0.15, 0.2) is 12.7 Å². The number of nitrogens with zero attached hydrogens (tertiary/aromatic N) is 4. The van der Waals surface area contributed by atoms with Crippen LogP contribution in [0, 0.1) is 0 Å². The van der Waals surface area contributed by atoms with Crippen LogP contribution in [-0.2, 0) is 4.74 Å². The van der Waals surface area contributed by atoms with Gasteiger partial charge in [0.15, 0.2) is 0 Å². The van der Waals surface area contributed by atoms with Crippen molar-refractivity contribution in [2.45, 2.75) is 42.1 Å². The summed E-state index contributed by atoms with van der Waals surface area (Å²) in [6, 6.07) is 0. The van der Waals surface area contributed by atoms with E-state index in [9.17, 15) is 10.2 Å². The van der Waals surface area contributed by atoms with E-state index in [0.717, 1.165) is 10.6 Å². The molecule has 8 nitrogen and oxygen atoms in total. The molecule has 1 aliphatic rings. The Morgan fingerprint density at radius 3 is 2.90 bits per heavy atom. The van der Waals surface area contributed by atoms with Gasteiger partial charge < -0.3 is 0 Å². The fourth-order valence-corrected chi connectivity index (χ4v) is 3.95. The summed E-state index contributed by atoms with van der Waals surface area (Å²) >= 11 is 0.393. The molecular formula is C12H17N5O3Se. The van der Waals surface area contributed by atoms with Gasteiger partial charge in [-0.1, -0.05) is 0 Å². The number of nitrogen functional groups attached to an aromatic ring is 1. The Hall–Kier alpha value is -1.25. The Labute approximate surface area is 127 Å². The molecule has 1 fully saturated rings. The van der Waals surface area contributed by atoms with Crippen LogP contribution in [0.1, 0.15) is 13.2 Å². The Bertz CT molecular complexity index is 636. The second-order valence-electron chi connectivity index (χ2n) is 4.79. The molecule has 1 saturated heterocycles. The van der Waals surface area contributed by atoms with E-state index < -0.39 is 18.4 Å². The van der Waals surface area contributed by atoms with Crippen LogP contribution < -0.4 is 5.73 Å². The molecule has 3 rings (SSSR count). The van der Waals surface area contributed by atoms with E-state index in [2.05, 4.69) is 21.9 Å². The van der Waals surface area contributed by atoms with Gasteiger partial charge in [-0.2, -0.15) is 0 Å². The molecule has 1 aliphatic heterocycles. The molecule has 2 aromatic heterocycles. The van der Waals surface area contributed by atoms with Gasteiger partial charge in [-0.05, 0) is 0 Å². The number of hydrogen-bond donors (Lipinski definition) is 3. The van der Waals surface area contributed by atoms with Crippen molar-refractivity contribution in [3.63, 3.8) is 0 Å². The Kier molecular flexibility index (Phi) is 4.10. The average Bonchev–Trinajstić information content (AvgIpc) is 3.02. The normalized spacial score (nSPS) is 29.3. The number of anilines is 1. The van der Waals surface area contributed by atoms with E-state index in [4.69, 9.17) is 10.5 Å². The summed E-state index contributed by atoms with van der Waals surface area (Å²) in [5.74, 6) is 0.276. The number of aromatic nitrogens is 4. The van der Waals surface area contributed by atoms with Crippen molar-refractivity contribution in [2.75, 3.05) is 5.73 Å². The molecule has 0 amide bonds. The van der Waals surface area contributed by atoms with Gasteiger partial charge in [-0.3, -0.25) is 0 Å². The van der Waals surface area contributed by atoms with Crippen molar-refractivity contribution in [1.29, 1.82) is 0 Å². The molecular weight excluding hydrogens is 341 g/mol. The summed E-state index contributed by atoms with van der Waals surface area (Å²) in [7, 11) is 0. The third-order valence-corrected chi connectivity index (χ3v) is 5.53. The van der Waals surface area contributed by atoms with Crippen molar-refractivity contribution in [1.82, 2.24) is 19.5 Å². The summed E-state index contributed by atoms with van der Waals surface area (Å²) in [6.07, 6.45) is -0.149. The topological polar surface area (TPSA) is 119 Å². The molecule has 4 N–H and O–H groups in total. The van der Waals surface area contributed by atoms with Crippen LogP contribution in [-0.4, -0.2) is 63.0 Å².